The van der Waals surface area contributed by atoms with Crippen LogP contribution in [0.1, 0.15) is 10.4 Å². The van der Waals surface area contributed by atoms with Gasteiger partial charge in [0.25, 0.3) is 5.91 Å². The van der Waals surface area contributed by atoms with Crippen molar-refractivity contribution in [1.29, 1.82) is 0 Å². The maximum Gasteiger partial charge on any atom is 0.259 e. The highest BCUT2D eigenvalue weighted by atomic mass is 35.5. The quantitative estimate of drug-likeness (QED) is 0.835. The lowest BCUT2D eigenvalue weighted by Gasteiger charge is -2.08. The minimum Gasteiger partial charge on any atom is -0.505 e. The Bertz CT molecular complexity index is 626. The van der Waals surface area contributed by atoms with Crippen LogP contribution < -0.4 is 5.32 Å². The van der Waals surface area contributed by atoms with Gasteiger partial charge in [0, 0.05) is 11.9 Å². The summed E-state index contributed by atoms with van der Waals surface area (Å²) < 4.78 is 13.2. The second-order valence-electron chi connectivity index (χ2n) is 3.60. The molecule has 2 rings (SSSR count). The minimum absolute atomic E-state index is 0.0339. The summed E-state index contributed by atoms with van der Waals surface area (Å²) in [6.07, 6.45) is 2.50. The third-order valence-electron chi connectivity index (χ3n) is 2.29. The molecule has 0 aliphatic rings. The smallest absolute Gasteiger partial charge is 0.259 e. The molecule has 2 N–H and O–H groups in total. The molecule has 0 saturated carbocycles. The van der Waals surface area contributed by atoms with E-state index in [1.807, 2.05) is 0 Å². The van der Waals surface area contributed by atoms with Crippen molar-refractivity contribution in [2.75, 3.05) is 5.32 Å². The summed E-state index contributed by atoms with van der Waals surface area (Å²) in [5.74, 6) is -1.61. The number of nitrogens with one attached hydrogen (secondary N) is 1. The van der Waals surface area contributed by atoms with Crippen LogP contribution in [0.25, 0.3) is 0 Å². The topological polar surface area (TPSA) is 62.2 Å². The zero-order valence-corrected chi connectivity index (χ0v) is 10.8. The van der Waals surface area contributed by atoms with Crippen LogP contribution in [-0.4, -0.2) is 16.0 Å². The molecule has 0 aliphatic heterocycles. The Morgan fingerprint density at radius 2 is 1.95 bits per heavy atom. The summed E-state index contributed by atoms with van der Waals surface area (Å²) in [5.41, 5.74) is 0.254. The highest BCUT2D eigenvalue weighted by molar-refractivity contribution is 6.35. The molecule has 0 aliphatic carbocycles. The van der Waals surface area contributed by atoms with Gasteiger partial charge < -0.3 is 10.4 Å². The van der Waals surface area contributed by atoms with Crippen LogP contribution in [0, 0.1) is 5.82 Å². The average Bonchev–Trinajstić information content (AvgIpc) is 2.36. The monoisotopic (exact) mass is 300 g/mol. The molecule has 0 atom stereocenters. The first-order valence-electron chi connectivity index (χ1n) is 5.08. The van der Waals surface area contributed by atoms with Crippen LogP contribution in [-0.2, 0) is 0 Å². The third kappa shape index (κ3) is 2.94. The molecule has 1 aromatic heterocycles. The second kappa shape index (κ2) is 5.42. The van der Waals surface area contributed by atoms with Crippen molar-refractivity contribution in [2.45, 2.75) is 0 Å². The summed E-state index contributed by atoms with van der Waals surface area (Å²) >= 11 is 11.2. The first kappa shape index (κ1) is 13.6. The Morgan fingerprint density at radius 3 is 2.53 bits per heavy atom. The number of carbonyl (C=O) groups is 1. The second-order valence-corrected chi connectivity index (χ2v) is 4.42. The average molecular weight is 301 g/mol. The number of hydrogen-bond acceptors (Lipinski definition) is 3. The first-order chi connectivity index (χ1) is 8.99. The van der Waals surface area contributed by atoms with Gasteiger partial charge in [-0.25, -0.2) is 4.39 Å². The molecule has 0 spiro atoms. The van der Waals surface area contributed by atoms with Crippen LogP contribution in [0.4, 0.5) is 10.1 Å². The van der Waals surface area contributed by atoms with E-state index >= 15 is 0 Å². The van der Waals surface area contributed by atoms with E-state index in [0.29, 0.717) is 0 Å². The van der Waals surface area contributed by atoms with Gasteiger partial charge in [0.05, 0.1) is 21.8 Å². The van der Waals surface area contributed by atoms with Crippen molar-refractivity contribution in [3.63, 3.8) is 0 Å². The fourth-order valence-corrected chi connectivity index (χ4v) is 1.89. The lowest BCUT2D eigenvalue weighted by atomic mass is 10.2. The van der Waals surface area contributed by atoms with Crippen molar-refractivity contribution in [3.05, 3.63) is 52.0 Å². The predicted molar refractivity (Wildman–Crippen MR) is 70.3 cm³/mol. The molecule has 4 nitrogen and oxygen atoms in total. The Balaban J connectivity index is 2.27. The molecule has 7 heteroatoms. The fourth-order valence-electron chi connectivity index (χ4n) is 1.40. The van der Waals surface area contributed by atoms with E-state index in [4.69, 9.17) is 23.2 Å². The van der Waals surface area contributed by atoms with Crippen LogP contribution in [0.5, 0.6) is 5.75 Å². The summed E-state index contributed by atoms with van der Waals surface area (Å²) in [5, 5.41) is 11.5. The Morgan fingerprint density at radius 1 is 1.32 bits per heavy atom. The number of anilines is 1. The molecule has 1 amide bonds. The van der Waals surface area contributed by atoms with Crippen molar-refractivity contribution >= 4 is 34.8 Å². The highest BCUT2D eigenvalue weighted by Gasteiger charge is 2.13. The number of nitrogens with zero attached hydrogens (tertiary/aromatic N) is 1. The SMILES string of the molecule is O=C(Nc1cc(Cl)c(F)c(Cl)c1)c1ccncc1O. The molecule has 0 radical (unpaired) electrons. The lowest BCUT2D eigenvalue weighted by molar-refractivity contribution is 0.102. The van der Waals surface area contributed by atoms with Crippen molar-refractivity contribution in [3.8, 4) is 5.75 Å². The number of benzene rings is 1. The van der Waals surface area contributed by atoms with Gasteiger partial charge in [-0.05, 0) is 18.2 Å². The van der Waals surface area contributed by atoms with Gasteiger partial charge in [-0.3, -0.25) is 9.78 Å². The molecule has 1 aromatic carbocycles. The van der Waals surface area contributed by atoms with Gasteiger partial charge in [-0.1, -0.05) is 23.2 Å². The van der Waals surface area contributed by atoms with Gasteiger partial charge in [0.2, 0.25) is 0 Å². The molecule has 98 valence electrons. The first-order valence-corrected chi connectivity index (χ1v) is 5.83. The molecule has 0 unspecified atom stereocenters. The standard InChI is InChI=1S/C12H7Cl2FN2O2/c13-8-3-6(4-9(14)11(8)15)17-12(19)7-1-2-16-5-10(7)18/h1-5,18H,(H,17,19). The van der Waals surface area contributed by atoms with E-state index in [9.17, 15) is 14.3 Å². The molecule has 0 fully saturated rings. The fraction of sp³-hybridized carbons (Fsp3) is 0. The molecule has 19 heavy (non-hydrogen) atoms. The number of aromatic nitrogens is 1. The minimum atomic E-state index is -0.756. The molecular weight excluding hydrogens is 294 g/mol. The number of halogens is 3. The van der Waals surface area contributed by atoms with Gasteiger partial charge in [0.15, 0.2) is 5.82 Å². The van der Waals surface area contributed by atoms with Gasteiger partial charge >= 0.3 is 0 Å². The van der Waals surface area contributed by atoms with E-state index in [1.165, 1.54) is 24.4 Å². The summed E-state index contributed by atoms with van der Waals surface area (Å²) in [7, 11) is 0. The number of rotatable bonds is 2. The summed E-state index contributed by atoms with van der Waals surface area (Å²) in [6.45, 7) is 0. The third-order valence-corrected chi connectivity index (χ3v) is 2.84. The van der Waals surface area contributed by atoms with E-state index in [1.54, 1.807) is 0 Å². The Hall–Kier alpha value is -1.85. The summed E-state index contributed by atoms with van der Waals surface area (Å²) in [6, 6.07) is 3.79. The normalized spacial score (nSPS) is 10.3. The lowest BCUT2D eigenvalue weighted by Crippen LogP contribution is -2.12. The van der Waals surface area contributed by atoms with E-state index in [0.717, 1.165) is 6.20 Å². The maximum atomic E-state index is 13.2. The van der Waals surface area contributed by atoms with Crippen molar-refractivity contribution in [2.24, 2.45) is 0 Å². The molecular formula is C12H7Cl2FN2O2. The van der Waals surface area contributed by atoms with E-state index in [-0.39, 0.29) is 27.0 Å². The van der Waals surface area contributed by atoms with E-state index in [2.05, 4.69) is 10.3 Å². The Labute approximate surface area is 117 Å². The molecule has 2 aromatic rings. The number of aromatic hydroxyl groups is 1. The van der Waals surface area contributed by atoms with Crippen LogP contribution in [0.2, 0.25) is 10.0 Å². The predicted octanol–water partition coefficient (Wildman–Crippen LogP) is 3.49. The van der Waals surface area contributed by atoms with E-state index < -0.39 is 11.7 Å². The summed E-state index contributed by atoms with van der Waals surface area (Å²) in [4.78, 5) is 15.5. The van der Waals surface area contributed by atoms with Gasteiger partial charge in [-0.2, -0.15) is 0 Å². The molecule has 0 saturated heterocycles. The zero-order valence-electron chi connectivity index (χ0n) is 9.32. The molecule has 1 heterocycles. The van der Waals surface area contributed by atoms with Gasteiger partial charge in [-0.15, -0.1) is 0 Å². The maximum absolute atomic E-state index is 13.2. The van der Waals surface area contributed by atoms with Gasteiger partial charge in [0.1, 0.15) is 5.75 Å². The number of carbonyl (C=O) groups excluding carboxylic acids is 1. The van der Waals surface area contributed by atoms with Crippen LogP contribution in [0.15, 0.2) is 30.6 Å². The van der Waals surface area contributed by atoms with Crippen molar-refractivity contribution < 1.29 is 14.3 Å². The van der Waals surface area contributed by atoms with Crippen molar-refractivity contribution in [1.82, 2.24) is 4.98 Å². The van der Waals surface area contributed by atoms with Crippen LogP contribution >= 0.6 is 23.2 Å². The molecule has 0 bridgehead atoms. The zero-order chi connectivity index (χ0) is 14.0. The number of amides is 1. The number of hydrogen-bond donors (Lipinski definition) is 2. The Kier molecular flexibility index (Phi) is 3.87. The van der Waals surface area contributed by atoms with Crippen LogP contribution in [0.3, 0.4) is 0 Å². The highest BCUT2D eigenvalue weighted by Crippen LogP contribution is 2.28. The number of pyridine rings is 1. The largest absolute Gasteiger partial charge is 0.505 e.